The first-order chi connectivity index (χ1) is 6.99. The van der Waals surface area contributed by atoms with Gasteiger partial charge in [0.05, 0.1) is 0 Å². The predicted molar refractivity (Wildman–Crippen MR) is 59.7 cm³/mol. The number of rotatable bonds is 2. The summed E-state index contributed by atoms with van der Waals surface area (Å²) in [5.41, 5.74) is 2.97. The normalized spacial score (nSPS) is 11.7. The van der Waals surface area contributed by atoms with Crippen molar-refractivity contribution in [2.45, 2.75) is 20.8 Å². The molecule has 0 aliphatic carbocycles. The van der Waals surface area contributed by atoms with Gasteiger partial charge >= 0.3 is 0 Å². The Kier molecular flexibility index (Phi) is 3.55. The summed E-state index contributed by atoms with van der Waals surface area (Å²) in [6.45, 7) is 6.03. The van der Waals surface area contributed by atoms with Gasteiger partial charge in [-0.2, -0.15) is 5.10 Å². The van der Waals surface area contributed by atoms with E-state index in [1.54, 1.807) is 30.7 Å². The maximum absolute atomic E-state index is 11.5. The average Bonchev–Trinajstić information content (AvgIpc) is 2.17. The Hall–Kier alpha value is -1.71. The summed E-state index contributed by atoms with van der Waals surface area (Å²) in [6, 6.07) is 3.28. The van der Waals surface area contributed by atoms with Gasteiger partial charge in [0.25, 0.3) is 5.91 Å². The molecule has 1 rings (SSSR count). The molecule has 15 heavy (non-hydrogen) atoms. The van der Waals surface area contributed by atoms with Crippen LogP contribution in [0, 0.1) is 5.41 Å². The highest BCUT2D eigenvalue weighted by Gasteiger charge is 2.06. The molecule has 0 saturated carbocycles. The Bertz CT molecular complexity index is 352. The number of aromatic nitrogens is 1. The van der Waals surface area contributed by atoms with Gasteiger partial charge in [-0.15, -0.1) is 0 Å². The third-order valence-corrected chi connectivity index (χ3v) is 1.56. The SMILES string of the molecule is CC(C)(C)/C=N\NC(=O)c1ccncc1. The van der Waals surface area contributed by atoms with Gasteiger partial charge in [-0.3, -0.25) is 9.78 Å². The molecule has 0 aliphatic heterocycles. The van der Waals surface area contributed by atoms with Crippen molar-refractivity contribution in [2.75, 3.05) is 0 Å². The number of hydrogen-bond donors (Lipinski definition) is 1. The molecule has 1 amide bonds. The van der Waals surface area contributed by atoms with Gasteiger partial charge < -0.3 is 0 Å². The molecular formula is C11H15N3O. The summed E-state index contributed by atoms with van der Waals surface area (Å²) in [7, 11) is 0. The van der Waals surface area contributed by atoms with Gasteiger partial charge in [0.2, 0.25) is 0 Å². The first kappa shape index (κ1) is 11.4. The molecule has 0 spiro atoms. The number of hydrogen-bond acceptors (Lipinski definition) is 3. The van der Waals surface area contributed by atoms with E-state index in [0.717, 1.165) is 0 Å². The van der Waals surface area contributed by atoms with Gasteiger partial charge in [0.1, 0.15) is 0 Å². The van der Waals surface area contributed by atoms with Crippen LogP contribution in [0.25, 0.3) is 0 Å². The van der Waals surface area contributed by atoms with E-state index in [1.807, 2.05) is 20.8 Å². The summed E-state index contributed by atoms with van der Waals surface area (Å²) in [5.74, 6) is -0.224. The molecule has 0 aliphatic rings. The fourth-order valence-corrected chi connectivity index (χ4v) is 0.852. The molecule has 0 unspecified atom stereocenters. The third kappa shape index (κ3) is 4.35. The van der Waals surface area contributed by atoms with Crippen LogP contribution in [-0.4, -0.2) is 17.1 Å². The molecule has 0 atom stereocenters. The fourth-order valence-electron chi connectivity index (χ4n) is 0.852. The van der Waals surface area contributed by atoms with Gasteiger partial charge in [-0.25, -0.2) is 5.43 Å². The smallest absolute Gasteiger partial charge is 0.267 e. The fraction of sp³-hybridized carbons (Fsp3) is 0.364. The minimum atomic E-state index is -0.224. The van der Waals surface area contributed by atoms with Crippen LogP contribution in [0.5, 0.6) is 0 Å². The molecule has 0 saturated heterocycles. The Morgan fingerprint density at radius 2 is 2.00 bits per heavy atom. The molecule has 0 fully saturated rings. The van der Waals surface area contributed by atoms with Crippen molar-refractivity contribution in [3.8, 4) is 0 Å². The highest BCUT2D eigenvalue weighted by atomic mass is 16.2. The number of carbonyl (C=O) groups is 1. The average molecular weight is 205 g/mol. The number of nitrogens with zero attached hydrogens (tertiary/aromatic N) is 2. The molecule has 1 N–H and O–H groups in total. The zero-order valence-electron chi connectivity index (χ0n) is 9.19. The van der Waals surface area contributed by atoms with Crippen LogP contribution in [0.3, 0.4) is 0 Å². The molecule has 80 valence electrons. The molecule has 0 bridgehead atoms. The van der Waals surface area contributed by atoms with Crippen LogP contribution in [0.4, 0.5) is 0 Å². The van der Waals surface area contributed by atoms with Crippen molar-refractivity contribution >= 4 is 12.1 Å². The highest BCUT2D eigenvalue weighted by Crippen LogP contribution is 2.07. The van der Waals surface area contributed by atoms with Gasteiger partial charge in [-0.1, -0.05) is 20.8 Å². The molecule has 4 nitrogen and oxygen atoms in total. The zero-order valence-corrected chi connectivity index (χ0v) is 9.19. The number of nitrogens with one attached hydrogen (secondary N) is 1. The van der Waals surface area contributed by atoms with Gasteiger partial charge in [0, 0.05) is 24.2 Å². The van der Waals surface area contributed by atoms with Crippen molar-refractivity contribution in [1.29, 1.82) is 0 Å². The summed E-state index contributed by atoms with van der Waals surface area (Å²) < 4.78 is 0. The highest BCUT2D eigenvalue weighted by molar-refractivity contribution is 5.94. The lowest BCUT2D eigenvalue weighted by Crippen LogP contribution is -2.19. The Balaban J connectivity index is 2.55. The van der Waals surface area contributed by atoms with Crippen LogP contribution in [0.1, 0.15) is 31.1 Å². The molecule has 0 aromatic carbocycles. The molecular weight excluding hydrogens is 190 g/mol. The van der Waals surface area contributed by atoms with Crippen molar-refractivity contribution in [3.63, 3.8) is 0 Å². The monoisotopic (exact) mass is 205 g/mol. The van der Waals surface area contributed by atoms with E-state index in [1.165, 1.54) is 0 Å². The van der Waals surface area contributed by atoms with E-state index in [-0.39, 0.29) is 11.3 Å². The topological polar surface area (TPSA) is 54.4 Å². The lowest BCUT2D eigenvalue weighted by Gasteiger charge is -2.09. The number of hydrazone groups is 1. The molecule has 1 heterocycles. The van der Waals surface area contributed by atoms with E-state index in [2.05, 4.69) is 15.5 Å². The summed E-state index contributed by atoms with van der Waals surface area (Å²) in [6.07, 6.45) is 4.84. The quantitative estimate of drug-likeness (QED) is 0.591. The zero-order chi connectivity index (χ0) is 11.3. The Morgan fingerprint density at radius 3 is 2.53 bits per heavy atom. The van der Waals surface area contributed by atoms with E-state index in [0.29, 0.717) is 5.56 Å². The number of carbonyl (C=O) groups excluding carboxylic acids is 1. The van der Waals surface area contributed by atoms with E-state index in [9.17, 15) is 4.79 Å². The molecule has 1 aromatic heterocycles. The second-order valence-electron chi connectivity index (χ2n) is 4.30. The standard InChI is InChI=1S/C11H15N3O/c1-11(2,3)8-13-14-10(15)9-4-6-12-7-5-9/h4-8H,1-3H3,(H,14,15)/b13-8-. The van der Waals surface area contributed by atoms with Crippen molar-refractivity contribution in [2.24, 2.45) is 10.5 Å². The minimum absolute atomic E-state index is 0.0362. The summed E-state index contributed by atoms with van der Waals surface area (Å²) >= 11 is 0. The van der Waals surface area contributed by atoms with Gasteiger partial charge in [-0.05, 0) is 17.5 Å². The Labute approximate surface area is 89.4 Å². The molecule has 0 radical (unpaired) electrons. The van der Waals surface area contributed by atoms with Crippen LogP contribution in [0.2, 0.25) is 0 Å². The van der Waals surface area contributed by atoms with E-state index >= 15 is 0 Å². The number of amides is 1. The lowest BCUT2D eigenvalue weighted by molar-refractivity contribution is 0.0954. The van der Waals surface area contributed by atoms with Crippen LogP contribution in [-0.2, 0) is 0 Å². The summed E-state index contributed by atoms with van der Waals surface area (Å²) in [5, 5.41) is 3.87. The van der Waals surface area contributed by atoms with Crippen molar-refractivity contribution < 1.29 is 4.79 Å². The maximum atomic E-state index is 11.5. The largest absolute Gasteiger partial charge is 0.271 e. The Morgan fingerprint density at radius 1 is 1.40 bits per heavy atom. The second-order valence-corrected chi connectivity index (χ2v) is 4.30. The van der Waals surface area contributed by atoms with Crippen molar-refractivity contribution in [1.82, 2.24) is 10.4 Å². The van der Waals surface area contributed by atoms with E-state index in [4.69, 9.17) is 0 Å². The first-order valence-corrected chi connectivity index (χ1v) is 4.74. The predicted octanol–water partition coefficient (Wildman–Crippen LogP) is 1.84. The van der Waals surface area contributed by atoms with Gasteiger partial charge in [0.15, 0.2) is 0 Å². The van der Waals surface area contributed by atoms with Crippen LogP contribution < -0.4 is 5.43 Å². The van der Waals surface area contributed by atoms with E-state index < -0.39 is 0 Å². The lowest BCUT2D eigenvalue weighted by atomic mass is 9.99. The summed E-state index contributed by atoms with van der Waals surface area (Å²) in [4.78, 5) is 15.3. The third-order valence-electron chi connectivity index (χ3n) is 1.56. The maximum Gasteiger partial charge on any atom is 0.271 e. The van der Waals surface area contributed by atoms with Crippen LogP contribution >= 0.6 is 0 Å². The second kappa shape index (κ2) is 4.68. The molecule has 1 aromatic rings. The van der Waals surface area contributed by atoms with Crippen molar-refractivity contribution in [3.05, 3.63) is 30.1 Å². The van der Waals surface area contributed by atoms with Crippen LogP contribution in [0.15, 0.2) is 29.6 Å². The molecule has 4 heteroatoms. The first-order valence-electron chi connectivity index (χ1n) is 4.74. The number of pyridine rings is 1. The minimum Gasteiger partial charge on any atom is -0.267 e.